The molecule has 1 heterocycles. The van der Waals surface area contributed by atoms with E-state index < -0.39 is 4.92 Å². The van der Waals surface area contributed by atoms with Crippen molar-refractivity contribution in [3.8, 4) is 11.5 Å². The minimum atomic E-state index is -0.513. The first-order valence-electron chi connectivity index (χ1n) is 6.20. The van der Waals surface area contributed by atoms with E-state index in [4.69, 9.17) is 9.47 Å². The van der Waals surface area contributed by atoms with Gasteiger partial charge < -0.3 is 14.8 Å². The number of nitrogens with one attached hydrogen (secondary N) is 1. The molecule has 7 nitrogen and oxygen atoms in total. The lowest BCUT2D eigenvalue weighted by Gasteiger charge is -2.01. The Morgan fingerprint density at radius 3 is 2.70 bits per heavy atom. The lowest BCUT2D eigenvalue weighted by Crippen LogP contribution is -2.22. The molecule has 7 heteroatoms. The van der Waals surface area contributed by atoms with Crippen molar-refractivity contribution in [1.82, 2.24) is 5.32 Å². The average molecular weight is 276 g/mol. The number of amides is 1. The van der Waals surface area contributed by atoms with Crippen LogP contribution in [0.5, 0.6) is 11.5 Å². The van der Waals surface area contributed by atoms with Gasteiger partial charge in [-0.15, -0.1) is 0 Å². The van der Waals surface area contributed by atoms with Gasteiger partial charge in [-0.2, -0.15) is 0 Å². The molecule has 104 valence electrons. The zero-order chi connectivity index (χ0) is 14.1. The highest BCUT2D eigenvalue weighted by atomic mass is 16.7. The van der Waals surface area contributed by atoms with E-state index in [9.17, 15) is 14.9 Å². The number of nitro benzene ring substituents is 1. The van der Waals surface area contributed by atoms with E-state index in [1.807, 2.05) is 0 Å². The SMILES string of the molecule is O=C(/C=C/c1cc2c(cc1[N+](=O)[O-])OCO2)NC1CC1. The van der Waals surface area contributed by atoms with E-state index in [0.29, 0.717) is 17.1 Å². The van der Waals surface area contributed by atoms with Crippen LogP contribution in [-0.4, -0.2) is 23.7 Å². The van der Waals surface area contributed by atoms with Crippen LogP contribution >= 0.6 is 0 Å². The summed E-state index contributed by atoms with van der Waals surface area (Å²) in [5.41, 5.74) is 0.190. The first-order chi connectivity index (χ1) is 9.63. The van der Waals surface area contributed by atoms with Gasteiger partial charge in [-0.05, 0) is 25.0 Å². The maximum absolute atomic E-state index is 11.6. The molecular formula is C13H12N2O5. The smallest absolute Gasteiger partial charge is 0.280 e. The first-order valence-corrected chi connectivity index (χ1v) is 6.20. The number of nitrogens with zero attached hydrogens (tertiary/aromatic N) is 1. The fourth-order valence-corrected chi connectivity index (χ4v) is 1.88. The number of ether oxygens (including phenoxy) is 2. The predicted molar refractivity (Wildman–Crippen MR) is 69.4 cm³/mol. The van der Waals surface area contributed by atoms with E-state index in [1.54, 1.807) is 0 Å². The Morgan fingerprint density at radius 2 is 2.05 bits per heavy atom. The third-order valence-electron chi connectivity index (χ3n) is 3.06. The molecule has 1 aliphatic carbocycles. The zero-order valence-electron chi connectivity index (χ0n) is 10.5. The molecule has 1 aliphatic heterocycles. The average Bonchev–Trinajstić information content (AvgIpc) is 3.10. The molecule has 1 fully saturated rings. The fourth-order valence-electron chi connectivity index (χ4n) is 1.88. The molecule has 0 saturated heterocycles. The van der Waals surface area contributed by atoms with Gasteiger partial charge in [0.25, 0.3) is 5.69 Å². The summed E-state index contributed by atoms with van der Waals surface area (Å²) in [5, 5.41) is 13.8. The lowest BCUT2D eigenvalue weighted by atomic mass is 10.1. The van der Waals surface area contributed by atoms with E-state index in [2.05, 4.69) is 5.32 Å². The number of fused-ring (bicyclic) bond motifs is 1. The van der Waals surface area contributed by atoms with Crippen LogP contribution in [0.4, 0.5) is 5.69 Å². The van der Waals surface area contributed by atoms with Crippen molar-refractivity contribution in [1.29, 1.82) is 0 Å². The topological polar surface area (TPSA) is 90.7 Å². The number of nitro groups is 1. The highest BCUT2D eigenvalue weighted by Gasteiger charge is 2.23. The van der Waals surface area contributed by atoms with Crippen LogP contribution in [0, 0.1) is 10.1 Å². The molecule has 1 saturated carbocycles. The largest absolute Gasteiger partial charge is 0.454 e. The minimum Gasteiger partial charge on any atom is -0.454 e. The Kier molecular flexibility index (Phi) is 3.02. The minimum absolute atomic E-state index is 0.0435. The summed E-state index contributed by atoms with van der Waals surface area (Å²) in [6.07, 6.45) is 4.69. The van der Waals surface area contributed by atoms with Crippen LogP contribution in [0.15, 0.2) is 18.2 Å². The highest BCUT2D eigenvalue weighted by molar-refractivity contribution is 5.92. The summed E-state index contributed by atoms with van der Waals surface area (Å²) in [6.45, 7) is 0.0435. The number of benzene rings is 1. The van der Waals surface area contributed by atoms with Crippen LogP contribution in [-0.2, 0) is 4.79 Å². The van der Waals surface area contributed by atoms with Crippen molar-refractivity contribution in [3.63, 3.8) is 0 Å². The lowest BCUT2D eigenvalue weighted by molar-refractivity contribution is -0.385. The van der Waals surface area contributed by atoms with Gasteiger partial charge in [-0.3, -0.25) is 14.9 Å². The van der Waals surface area contributed by atoms with Crippen molar-refractivity contribution < 1.29 is 19.2 Å². The van der Waals surface area contributed by atoms with Crippen LogP contribution in [0.3, 0.4) is 0 Å². The molecule has 0 atom stereocenters. The summed E-state index contributed by atoms with van der Waals surface area (Å²) in [4.78, 5) is 22.1. The monoisotopic (exact) mass is 276 g/mol. The Morgan fingerprint density at radius 1 is 1.35 bits per heavy atom. The molecule has 0 aromatic heterocycles. The van der Waals surface area contributed by atoms with Crippen molar-refractivity contribution in [2.75, 3.05) is 6.79 Å². The molecule has 3 rings (SSSR count). The Labute approximate surface area is 114 Å². The van der Waals surface area contributed by atoms with E-state index in [1.165, 1.54) is 24.3 Å². The molecular weight excluding hydrogens is 264 g/mol. The molecule has 0 spiro atoms. The highest BCUT2D eigenvalue weighted by Crippen LogP contribution is 2.38. The number of carbonyl (C=O) groups excluding carboxylic acids is 1. The summed E-state index contributed by atoms with van der Waals surface area (Å²) >= 11 is 0. The second-order valence-corrected chi connectivity index (χ2v) is 4.64. The van der Waals surface area contributed by atoms with E-state index in [0.717, 1.165) is 12.8 Å². The zero-order valence-corrected chi connectivity index (χ0v) is 10.5. The van der Waals surface area contributed by atoms with Gasteiger partial charge in [0.1, 0.15) is 0 Å². The number of carbonyl (C=O) groups is 1. The number of hydrogen-bond donors (Lipinski definition) is 1. The van der Waals surface area contributed by atoms with Gasteiger partial charge in [0, 0.05) is 12.1 Å². The molecule has 1 N–H and O–H groups in total. The first kappa shape index (κ1) is 12.5. The fraction of sp³-hybridized carbons (Fsp3) is 0.308. The Balaban J connectivity index is 1.85. The van der Waals surface area contributed by atoms with Gasteiger partial charge in [0.15, 0.2) is 11.5 Å². The third-order valence-corrected chi connectivity index (χ3v) is 3.06. The maximum Gasteiger partial charge on any atom is 0.280 e. The molecule has 2 aliphatic rings. The molecule has 1 aromatic carbocycles. The Bertz CT molecular complexity index is 607. The molecule has 1 aromatic rings. The van der Waals surface area contributed by atoms with Crippen LogP contribution in [0.25, 0.3) is 6.08 Å². The van der Waals surface area contributed by atoms with Crippen LogP contribution < -0.4 is 14.8 Å². The molecule has 20 heavy (non-hydrogen) atoms. The summed E-state index contributed by atoms with van der Waals surface area (Å²) in [7, 11) is 0. The summed E-state index contributed by atoms with van der Waals surface area (Å²) < 4.78 is 10.3. The standard InChI is InChI=1S/C13H12N2O5/c16-13(14-9-2-3-9)4-1-8-5-11-12(20-7-19-11)6-10(8)15(17)18/h1,4-6,9H,2-3,7H2,(H,14,16)/b4-1+. The second-order valence-electron chi connectivity index (χ2n) is 4.64. The van der Waals surface area contributed by atoms with Crippen LogP contribution in [0.2, 0.25) is 0 Å². The molecule has 0 unspecified atom stereocenters. The van der Waals surface area contributed by atoms with Gasteiger partial charge in [0.05, 0.1) is 16.6 Å². The summed E-state index contributed by atoms with van der Waals surface area (Å²) in [5.74, 6) is 0.536. The number of hydrogen-bond acceptors (Lipinski definition) is 5. The number of rotatable bonds is 4. The van der Waals surface area contributed by atoms with Gasteiger partial charge in [-0.25, -0.2) is 0 Å². The van der Waals surface area contributed by atoms with E-state index in [-0.39, 0.29) is 24.4 Å². The maximum atomic E-state index is 11.6. The van der Waals surface area contributed by atoms with Gasteiger partial charge in [-0.1, -0.05) is 0 Å². The molecule has 0 bridgehead atoms. The van der Waals surface area contributed by atoms with Crippen molar-refractivity contribution >= 4 is 17.7 Å². The second kappa shape index (κ2) is 4.84. The van der Waals surface area contributed by atoms with Crippen LogP contribution in [0.1, 0.15) is 18.4 Å². The summed E-state index contributed by atoms with van der Waals surface area (Å²) in [6, 6.07) is 3.06. The Hall–Kier alpha value is -2.57. The van der Waals surface area contributed by atoms with Crippen molar-refractivity contribution in [2.45, 2.75) is 18.9 Å². The third kappa shape index (κ3) is 2.56. The normalized spacial score (nSPS) is 16.4. The quantitative estimate of drug-likeness (QED) is 0.512. The van der Waals surface area contributed by atoms with Crippen molar-refractivity contribution in [3.05, 3.63) is 33.9 Å². The predicted octanol–water partition coefficient (Wildman–Crippen LogP) is 1.62. The molecule has 0 radical (unpaired) electrons. The molecule has 1 amide bonds. The van der Waals surface area contributed by atoms with Crippen molar-refractivity contribution in [2.24, 2.45) is 0 Å². The van der Waals surface area contributed by atoms with Gasteiger partial charge in [0.2, 0.25) is 12.7 Å². The van der Waals surface area contributed by atoms with E-state index >= 15 is 0 Å². The van der Waals surface area contributed by atoms with Gasteiger partial charge >= 0.3 is 0 Å².